The monoisotopic (exact) mass is 223 g/mol. The second-order valence-corrected chi connectivity index (χ2v) is 4.02. The first-order valence-electron chi connectivity index (χ1n) is 5.43. The molecule has 1 rings (SSSR count). The summed E-state index contributed by atoms with van der Waals surface area (Å²) in [6.07, 6.45) is 3.51. The zero-order valence-electron chi connectivity index (χ0n) is 9.86. The Bertz CT molecular complexity index is 406. The minimum atomic E-state index is -0.990. The molecule has 0 spiro atoms. The van der Waals surface area contributed by atoms with Crippen molar-refractivity contribution in [3.8, 4) is 0 Å². The highest BCUT2D eigenvalue weighted by molar-refractivity contribution is 5.97. The van der Waals surface area contributed by atoms with Gasteiger partial charge in [-0.15, -0.1) is 0 Å². The number of rotatable bonds is 5. The van der Waals surface area contributed by atoms with Crippen LogP contribution >= 0.6 is 0 Å². The van der Waals surface area contributed by atoms with Gasteiger partial charge in [0.05, 0.1) is 0 Å². The van der Waals surface area contributed by atoms with Crippen LogP contribution in [0.25, 0.3) is 0 Å². The van der Waals surface area contributed by atoms with E-state index in [1.807, 2.05) is 13.8 Å². The van der Waals surface area contributed by atoms with Gasteiger partial charge in [0.1, 0.15) is 5.69 Å². The molecule has 0 amide bonds. The number of Topliss-reactive ketones (excluding diaryl/α,β-unsaturated/α-hetero) is 1. The van der Waals surface area contributed by atoms with Gasteiger partial charge in [-0.25, -0.2) is 4.79 Å². The van der Waals surface area contributed by atoms with Crippen molar-refractivity contribution in [2.45, 2.75) is 39.7 Å². The Morgan fingerprint density at radius 3 is 2.56 bits per heavy atom. The maximum absolute atomic E-state index is 11.2. The van der Waals surface area contributed by atoms with Crippen LogP contribution in [-0.4, -0.2) is 21.4 Å². The van der Waals surface area contributed by atoms with E-state index in [0.717, 1.165) is 12.8 Å². The maximum Gasteiger partial charge on any atom is 0.352 e. The molecule has 1 heterocycles. The summed E-state index contributed by atoms with van der Waals surface area (Å²) in [5.74, 6) is -1.10. The van der Waals surface area contributed by atoms with Crippen molar-refractivity contribution in [1.29, 1.82) is 0 Å². The third-order valence-corrected chi connectivity index (χ3v) is 2.66. The lowest BCUT2D eigenvalue weighted by Gasteiger charge is -2.14. The van der Waals surface area contributed by atoms with Gasteiger partial charge in [-0.05, 0) is 26.3 Å². The van der Waals surface area contributed by atoms with Crippen molar-refractivity contribution in [3.63, 3.8) is 0 Å². The number of carboxylic acid groups (broad SMARTS) is 1. The molecule has 1 atom stereocenters. The molecule has 88 valence electrons. The van der Waals surface area contributed by atoms with Gasteiger partial charge in [-0.1, -0.05) is 13.3 Å². The standard InChI is InChI=1S/C12H17NO3/c1-4-5-8(2)13-7-10(9(3)14)6-11(13)12(15)16/h6-8H,4-5H2,1-3H3,(H,15,16). The summed E-state index contributed by atoms with van der Waals surface area (Å²) in [4.78, 5) is 22.2. The van der Waals surface area contributed by atoms with E-state index in [2.05, 4.69) is 0 Å². The molecule has 0 saturated heterocycles. The number of aromatic nitrogens is 1. The minimum Gasteiger partial charge on any atom is -0.477 e. The van der Waals surface area contributed by atoms with E-state index in [0.29, 0.717) is 5.56 Å². The summed E-state index contributed by atoms with van der Waals surface area (Å²) in [5, 5.41) is 9.05. The molecule has 1 aromatic rings. The highest BCUT2D eigenvalue weighted by Gasteiger charge is 2.17. The van der Waals surface area contributed by atoms with Gasteiger partial charge in [0.25, 0.3) is 0 Å². The molecule has 1 unspecified atom stereocenters. The van der Waals surface area contributed by atoms with E-state index in [1.165, 1.54) is 13.0 Å². The number of carbonyl (C=O) groups excluding carboxylic acids is 1. The zero-order valence-corrected chi connectivity index (χ0v) is 9.86. The lowest BCUT2D eigenvalue weighted by molar-refractivity contribution is 0.0682. The first kappa shape index (κ1) is 12.5. The van der Waals surface area contributed by atoms with Gasteiger partial charge < -0.3 is 9.67 Å². The van der Waals surface area contributed by atoms with E-state index < -0.39 is 5.97 Å². The molecule has 0 radical (unpaired) electrons. The Hall–Kier alpha value is -1.58. The summed E-state index contributed by atoms with van der Waals surface area (Å²) in [6.45, 7) is 5.45. The molecule has 4 nitrogen and oxygen atoms in total. The molecule has 0 aliphatic heterocycles. The van der Waals surface area contributed by atoms with Gasteiger partial charge >= 0.3 is 5.97 Å². The summed E-state index contributed by atoms with van der Waals surface area (Å²) in [5.41, 5.74) is 0.645. The minimum absolute atomic E-state index is 0.101. The van der Waals surface area contributed by atoms with Crippen LogP contribution in [0.15, 0.2) is 12.3 Å². The summed E-state index contributed by atoms with van der Waals surface area (Å²) in [6, 6.07) is 1.54. The number of hydrogen-bond acceptors (Lipinski definition) is 2. The summed E-state index contributed by atoms with van der Waals surface area (Å²) >= 11 is 0. The fraction of sp³-hybridized carbons (Fsp3) is 0.500. The molecular weight excluding hydrogens is 206 g/mol. The molecule has 1 N–H and O–H groups in total. The van der Waals surface area contributed by atoms with Crippen LogP contribution in [0.4, 0.5) is 0 Å². The Kier molecular flexibility index (Phi) is 3.88. The van der Waals surface area contributed by atoms with Crippen molar-refractivity contribution in [3.05, 3.63) is 23.5 Å². The van der Waals surface area contributed by atoms with Crippen LogP contribution in [-0.2, 0) is 0 Å². The maximum atomic E-state index is 11.2. The van der Waals surface area contributed by atoms with E-state index >= 15 is 0 Å². The highest BCUT2D eigenvalue weighted by atomic mass is 16.4. The van der Waals surface area contributed by atoms with E-state index in [9.17, 15) is 9.59 Å². The summed E-state index contributed by atoms with van der Waals surface area (Å²) < 4.78 is 1.67. The molecule has 4 heteroatoms. The lowest BCUT2D eigenvalue weighted by Crippen LogP contribution is -2.11. The van der Waals surface area contributed by atoms with Gasteiger partial charge in [-0.2, -0.15) is 0 Å². The topological polar surface area (TPSA) is 59.3 Å². The molecule has 0 aliphatic rings. The predicted octanol–water partition coefficient (Wildman–Crippen LogP) is 2.75. The highest BCUT2D eigenvalue weighted by Crippen LogP contribution is 2.19. The Morgan fingerprint density at radius 2 is 2.12 bits per heavy atom. The number of carboxylic acids is 1. The molecule has 1 aromatic heterocycles. The number of ketones is 1. The number of nitrogens with zero attached hydrogens (tertiary/aromatic N) is 1. The second-order valence-electron chi connectivity index (χ2n) is 4.02. The predicted molar refractivity (Wildman–Crippen MR) is 61.0 cm³/mol. The Morgan fingerprint density at radius 1 is 1.50 bits per heavy atom. The molecule has 0 fully saturated rings. The first-order chi connectivity index (χ1) is 7.47. The molecular formula is C12H17NO3. The van der Waals surface area contributed by atoms with Gasteiger partial charge in [0, 0.05) is 17.8 Å². The quantitative estimate of drug-likeness (QED) is 0.781. The largest absolute Gasteiger partial charge is 0.477 e. The average Bonchev–Trinajstić information content (AvgIpc) is 2.62. The van der Waals surface area contributed by atoms with Crippen molar-refractivity contribution >= 4 is 11.8 Å². The molecule has 0 bridgehead atoms. The van der Waals surface area contributed by atoms with Crippen LogP contribution in [0, 0.1) is 0 Å². The van der Waals surface area contributed by atoms with Crippen molar-refractivity contribution < 1.29 is 14.7 Å². The SMILES string of the molecule is CCCC(C)n1cc(C(C)=O)cc1C(=O)O. The third-order valence-electron chi connectivity index (χ3n) is 2.66. The van der Waals surface area contributed by atoms with Crippen molar-refractivity contribution in [2.75, 3.05) is 0 Å². The van der Waals surface area contributed by atoms with Gasteiger partial charge in [-0.3, -0.25) is 4.79 Å². The van der Waals surface area contributed by atoms with Crippen LogP contribution in [0.1, 0.15) is 60.5 Å². The molecule has 0 aromatic carbocycles. The smallest absolute Gasteiger partial charge is 0.352 e. The van der Waals surface area contributed by atoms with Crippen LogP contribution < -0.4 is 0 Å². The Labute approximate surface area is 94.9 Å². The number of hydrogen-bond donors (Lipinski definition) is 1. The fourth-order valence-electron chi connectivity index (χ4n) is 1.76. The van der Waals surface area contributed by atoms with Crippen molar-refractivity contribution in [1.82, 2.24) is 4.57 Å². The molecule has 16 heavy (non-hydrogen) atoms. The number of carbonyl (C=O) groups is 2. The fourth-order valence-corrected chi connectivity index (χ4v) is 1.76. The first-order valence-corrected chi connectivity index (χ1v) is 5.43. The van der Waals surface area contributed by atoms with E-state index in [1.54, 1.807) is 10.8 Å². The Balaban J connectivity index is 3.14. The van der Waals surface area contributed by atoms with E-state index in [4.69, 9.17) is 5.11 Å². The zero-order chi connectivity index (χ0) is 12.3. The van der Waals surface area contributed by atoms with Crippen LogP contribution in [0.5, 0.6) is 0 Å². The van der Waals surface area contributed by atoms with Crippen LogP contribution in [0.2, 0.25) is 0 Å². The summed E-state index contributed by atoms with van der Waals surface area (Å²) in [7, 11) is 0. The lowest BCUT2D eigenvalue weighted by atomic mass is 10.2. The molecule has 0 saturated carbocycles. The normalized spacial score (nSPS) is 12.4. The second kappa shape index (κ2) is 4.96. The molecule has 0 aliphatic carbocycles. The van der Waals surface area contributed by atoms with Crippen molar-refractivity contribution in [2.24, 2.45) is 0 Å². The number of aromatic carboxylic acids is 1. The third kappa shape index (κ3) is 2.51. The van der Waals surface area contributed by atoms with Gasteiger partial charge in [0.2, 0.25) is 0 Å². The van der Waals surface area contributed by atoms with Crippen LogP contribution in [0.3, 0.4) is 0 Å². The van der Waals surface area contributed by atoms with E-state index in [-0.39, 0.29) is 17.5 Å². The van der Waals surface area contributed by atoms with Gasteiger partial charge in [0.15, 0.2) is 5.78 Å². The average molecular weight is 223 g/mol.